The van der Waals surface area contributed by atoms with Gasteiger partial charge in [-0.3, -0.25) is 9.59 Å². The second-order valence-corrected chi connectivity index (χ2v) is 3.03. The lowest BCUT2D eigenvalue weighted by Crippen LogP contribution is -2.44. The Balaban J connectivity index is 3.71. The maximum absolute atomic E-state index is 11.1. The second kappa shape index (κ2) is 7.32. The molecule has 0 rings (SSSR count). The van der Waals surface area contributed by atoms with Gasteiger partial charge in [-0.25, -0.2) is 0 Å². The Labute approximate surface area is 84.2 Å². The van der Waals surface area contributed by atoms with Gasteiger partial charge >= 0.3 is 11.8 Å². The van der Waals surface area contributed by atoms with E-state index in [1.165, 1.54) is 7.11 Å². The first-order valence-corrected chi connectivity index (χ1v) is 4.69. The molecule has 0 fully saturated rings. The third-order valence-electron chi connectivity index (χ3n) is 1.79. The Morgan fingerprint density at radius 1 is 1.36 bits per heavy atom. The van der Waals surface area contributed by atoms with Crippen LogP contribution in [0.1, 0.15) is 20.3 Å². The van der Waals surface area contributed by atoms with Crippen molar-refractivity contribution in [3.63, 3.8) is 0 Å². The number of carbonyl (C=O) groups excluding carboxylic acids is 2. The van der Waals surface area contributed by atoms with Crippen molar-refractivity contribution >= 4 is 11.8 Å². The SMILES string of the molecule is CC[C@@H](C)NC(=O)C(=O)NCCOC. The molecule has 5 heteroatoms. The van der Waals surface area contributed by atoms with Crippen molar-refractivity contribution in [2.24, 2.45) is 0 Å². The highest BCUT2D eigenvalue weighted by molar-refractivity contribution is 6.35. The van der Waals surface area contributed by atoms with Crippen LogP contribution in [0.25, 0.3) is 0 Å². The third kappa shape index (κ3) is 5.53. The van der Waals surface area contributed by atoms with Crippen molar-refractivity contribution in [3.05, 3.63) is 0 Å². The van der Waals surface area contributed by atoms with Crippen LogP contribution < -0.4 is 10.6 Å². The number of rotatable bonds is 5. The zero-order chi connectivity index (χ0) is 11.0. The minimum absolute atomic E-state index is 0.0238. The van der Waals surface area contributed by atoms with Crippen LogP contribution in [0.15, 0.2) is 0 Å². The highest BCUT2D eigenvalue weighted by Gasteiger charge is 2.13. The van der Waals surface area contributed by atoms with Crippen LogP contribution in [-0.4, -0.2) is 38.1 Å². The van der Waals surface area contributed by atoms with E-state index in [1.54, 1.807) is 0 Å². The number of hydrogen-bond donors (Lipinski definition) is 2. The lowest BCUT2D eigenvalue weighted by Gasteiger charge is -2.10. The average molecular weight is 202 g/mol. The van der Waals surface area contributed by atoms with Crippen LogP contribution in [0.3, 0.4) is 0 Å². The van der Waals surface area contributed by atoms with Gasteiger partial charge in [-0.1, -0.05) is 6.92 Å². The van der Waals surface area contributed by atoms with E-state index in [0.717, 1.165) is 6.42 Å². The average Bonchev–Trinajstić information content (AvgIpc) is 2.17. The number of carbonyl (C=O) groups is 2. The highest BCUT2D eigenvalue weighted by atomic mass is 16.5. The molecule has 0 aromatic rings. The standard InChI is InChI=1S/C9H18N2O3/c1-4-7(2)11-9(13)8(12)10-5-6-14-3/h7H,4-6H2,1-3H3,(H,10,12)(H,11,13)/t7-/m1/s1. The Morgan fingerprint density at radius 3 is 2.50 bits per heavy atom. The zero-order valence-corrected chi connectivity index (χ0v) is 8.92. The molecule has 0 bridgehead atoms. The molecule has 0 aromatic carbocycles. The molecular formula is C9H18N2O3. The molecule has 0 radical (unpaired) electrons. The van der Waals surface area contributed by atoms with Gasteiger partial charge in [0.05, 0.1) is 6.61 Å². The molecule has 2 amide bonds. The fraction of sp³-hybridized carbons (Fsp3) is 0.778. The van der Waals surface area contributed by atoms with Gasteiger partial charge in [0.1, 0.15) is 0 Å². The number of hydrogen-bond acceptors (Lipinski definition) is 3. The normalized spacial score (nSPS) is 11.9. The summed E-state index contributed by atoms with van der Waals surface area (Å²) < 4.78 is 4.73. The molecule has 0 saturated heterocycles. The summed E-state index contributed by atoms with van der Waals surface area (Å²) in [6.45, 7) is 4.54. The fourth-order valence-corrected chi connectivity index (χ4v) is 0.738. The van der Waals surface area contributed by atoms with Crippen molar-refractivity contribution in [2.75, 3.05) is 20.3 Å². The molecule has 0 aliphatic rings. The molecule has 0 aromatic heterocycles. The third-order valence-corrected chi connectivity index (χ3v) is 1.79. The number of ether oxygens (including phenoxy) is 1. The van der Waals surface area contributed by atoms with Gasteiger partial charge < -0.3 is 15.4 Å². The first-order valence-electron chi connectivity index (χ1n) is 4.69. The van der Waals surface area contributed by atoms with E-state index in [-0.39, 0.29) is 6.04 Å². The van der Waals surface area contributed by atoms with Crippen LogP contribution in [-0.2, 0) is 14.3 Å². The molecule has 2 N–H and O–H groups in total. The van der Waals surface area contributed by atoms with E-state index in [2.05, 4.69) is 10.6 Å². The molecule has 5 nitrogen and oxygen atoms in total. The number of amides is 2. The largest absolute Gasteiger partial charge is 0.383 e. The van der Waals surface area contributed by atoms with Crippen LogP contribution in [0.4, 0.5) is 0 Å². The van der Waals surface area contributed by atoms with Crippen LogP contribution >= 0.6 is 0 Å². The Bertz CT molecular complexity index is 194. The number of nitrogens with one attached hydrogen (secondary N) is 2. The minimum atomic E-state index is -0.609. The summed E-state index contributed by atoms with van der Waals surface area (Å²) in [5.74, 6) is -1.20. The van der Waals surface area contributed by atoms with E-state index in [1.807, 2.05) is 13.8 Å². The molecule has 0 aliphatic heterocycles. The minimum Gasteiger partial charge on any atom is -0.383 e. The van der Waals surface area contributed by atoms with Gasteiger partial charge in [-0.05, 0) is 13.3 Å². The van der Waals surface area contributed by atoms with E-state index >= 15 is 0 Å². The quantitative estimate of drug-likeness (QED) is 0.473. The predicted molar refractivity (Wildman–Crippen MR) is 52.8 cm³/mol. The summed E-state index contributed by atoms with van der Waals surface area (Å²) in [7, 11) is 1.53. The van der Waals surface area contributed by atoms with E-state index in [0.29, 0.717) is 13.2 Å². The van der Waals surface area contributed by atoms with Gasteiger partial charge in [0.25, 0.3) is 0 Å². The maximum atomic E-state index is 11.1. The van der Waals surface area contributed by atoms with Gasteiger partial charge in [0, 0.05) is 19.7 Å². The molecule has 0 heterocycles. The monoisotopic (exact) mass is 202 g/mol. The predicted octanol–water partition coefficient (Wildman–Crippen LogP) is -0.336. The summed E-state index contributed by atoms with van der Waals surface area (Å²) in [5, 5.41) is 5.00. The summed E-state index contributed by atoms with van der Waals surface area (Å²) >= 11 is 0. The van der Waals surface area contributed by atoms with Crippen molar-refractivity contribution in [3.8, 4) is 0 Å². The smallest absolute Gasteiger partial charge is 0.309 e. The van der Waals surface area contributed by atoms with Crippen LogP contribution in [0, 0.1) is 0 Å². The Morgan fingerprint density at radius 2 is 2.00 bits per heavy atom. The molecule has 0 aliphatic carbocycles. The molecule has 82 valence electrons. The van der Waals surface area contributed by atoms with E-state index in [4.69, 9.17) is 4.74 Å². The lowest BCUT2D eigenvalue weighted by molar-refractivity contribution is -0.139. The van der Waals surface area contributed by atoms with Gasteiger partial charge in [-0.2, -0.15) is 0 Å². The second-order valence-electron chi connectivity index (χ2n) is 3.03. The van der Waals surface area contributed by atoms with Gasteiger partial charge in [-0.15, -0.1) is 0 Å². The van der Waals surface area contributed by atoms with Crippen molar-refractivity contribution in [2.45, 2.75) is 26.3 Å². The maximum Gasteiger partial charge on any atom is 0.309 e. The summed E-state index contributed by atoms with van der Waals surface area (Å²) in [5.41, 5.74) is 0. The van der Waals surface area contributed by atoms with Crippen molar-refractivity contribution < 1.29 is 14.3 Å². The topological polar surface area (TPSA) is 67.4 Å². The van der Waals surface area contributed by atoms with Crippen molar-refractivity contribution in [1.82, 2.24) is 10.6 Å². The summed E-state index contributed by atoms with van der Waals surface area (Å²) in [4.78, 5) is 22.2. The van der Waals surface area contributed by atoms with E-state index in [9.17, 15) is 9.59 Å². The Kier molecular flexibility index (Phi) is 6.74. The first kappa shape index (κ1) is 12.9. The summed E-state index contributed by atoms with van der Waals surface area (Å²) in [6, 6.07) is 0.0238. The lowest BCUT2D eigenvalue weighted by atomic mass is 10.2. The molecule has 0 saturated carbocycles. The van der Waals surface area contributed by atoms with Crippen LogP contribution in [0.2, 0.25) is 0 Å². The van der Waals surface area contributed by atoms with Crippen molar-refractivity contribution in [1.29, 1.82) is 0 Å². The summed E-state index contributed by atoms with van der Waals surface area (Å²) in [6.07, 6.45) is 0.803. The Hall–Kier alpha value is -1.10. The number of methoxy groups -OCH3 is 1. The molecule has 0 spiro atoms. The van der Waals surface area contributed by atoms with Gasteiger partial charge in [0.15, 0.2) is 0 Å². The van der Waals surface area contributed by atoms with Gasteiger partial charge in [0.2, 0.25) is 0 Å². The fourth-order valence-electron chi connectivity index (χ4n) is 0.738. The molecule has 1 atom stereocenters. The molecule has 0 unspecified atom stereocenters. The van der Waals surface area contributed by atoms with E-state index < -0.39 is 11.8 Å². The zero-order valence-electron chi connectivity index (χ0n) is 8.92. The van der Waals surface area contributed by atoms with Crippen LogP contribution in [0.5, 0.6) is 0 Å². The molecule has 14 heavy (non-hydrogen) atoms. The highest BCUT2D eigenvalue weighted by Crippen LogP contribution is 1.86. The first-order chi connectivity index (χ1) is 6.61. The molecular weight excluding hydrogens is 184 g/mol.